The Labute approximate surface area is 162 Å². The smallest absolute Gasteiger partial charge is 0.303 e. The number of anilines is 1. The zero-order valence-electron chi connectivity index (χ0n) is 14.7. The zero-order chi connectivity index (χ0) is 19.6. The van der Waals surface area contributed by atoms with Gasteiger partial charge in [-0.25, -0.2) is 9.37 Å². The van der Waals surface area contributed by atoms with E-state index in [2.05, 4.69) is 15.2 Å². The molecular formula is C17H15FN4O3S2. The number of hydrogen-bond acceptors (Lipinski definition) is 8. The van der Waals surface area contributed by atoms with Crippen LogP contribution in [-0.2, 0) is 9.53 Å². The molecule has 2 aromatic heterocycles. The Kier molecular flexibility index (Phi) is 5.57. The molecule has 1 aromatic carbocycles. The van der Waals surface area contributed by atoms with Gasteiger partial charge in [0, 0.05) is 24.9 Å². The molecule has 0 saturated heterocycles. The van der Waals surface area contributed by atoms with E-state index in [0.717, 1.165) is 0 Å². The average molecular weight is 406 g/mol. The molecule has 0 saturated carbocycles. The molecule has 1 atom stereocenters. The molecular weight excluding hydrogens is 391 g/mol. The fourth-order valence-electron chi connectivity index (χ4n) is 2.19. The minimum absolute atomic E-state index is 0.294. The molecule has 7 nitrogen and oxygen atoms in total. The predicted octanol–water partition coefficient (Wildman–Crippen LogP) is 3.70. The molecule has 0 aliphatic rings. The molecule has 0 radical (unpaired) electrons. The van der Waals surface area contributed by atoms with Crippen LogP contribution in [0.15, 0.2) is 29.6 Å². The summed E-state index contributed by atoms with van der Waals surface area (Å²) >= 11 is 2.55. The summed E-state index contributed by atoms with van der Waals surface area (Å²) < 4.78 is 18.1. The highest BCUT2D eigenvalue weighted by Gasteiger charge is 2.20. The highest BCUT2D eigenvalue weighted by Crippen LogP contribution is 2.31. The van der Waals surface area contributed by atoms with Crippen LogP contribution >= 0.6 is 22.7 Å². The van der Waals surface area contributed by atoms with Crippen LogP contribution in [0, 0.1) is 5.82 Å². The maximum atomic E-state index is 13.0. The highest BCUT2D eigenvalue weighted by atomic mass is 32.1. The van der Waals surface area contributed by atoms with Gasteiger partial charge in [-0.15, -0.1) is 21.5 Å². The maximum Gasteiger partial charge on any atom is 0.303 e. The van der Waals surface area contributed by atoms with Gasteiger partial charge >= 0.3 is 5.97 Å². The lowest BCUT2D eigenvalue weighted by molar-refractivity contribution is -0.145. The summed E-state index contributed by atoms with van der Waals surface area (Å²) in [4.78, 5) is 29.4. The second-order valence-corrected chi connectivity index (χ2v) is 7.43. The number of benzene rings is 1. The summed E-state index contributed by atoms with van der Waals surface area (Å²) in [7, 11) is 1.60. The van der Waals surface area contributed by atoms with Crippen LogP contribution in [-0.4, -0.2) is 34.1 Å². The summed E-state index contributed by atoms with van der Waals surface area (Å²) in [6.07, 6.45) is -0.491. The Hall–Kier alpha value is -2.72. The number of carbonyl (C=O) groups excluding carboxylic acids is 2. The van der Waals surface area contributed by atoms with E-state index in [9.17, 15) is 14.0 Å². The lowest BCUT2D eigenvalue weighted by Gasteiger charge is -2.13. The van der Waals surface area contributed by atoms with Gasteiger partial charge in [-0.05, 0) is 31.2 Å². The van der Waals surface area contributed by atoms with Crippen molar-refractivity contribution in [2.24, 2.45) is 0 Å². The average Bonchev–Trinajstić information content (AvgIpc) is 3.30. The van der Waals surface area contributed by atoms with E-state index in [4.69, 9.17) is 4.74 Å². The van der Waals surface area contributed by atoms with Crippen molar-refractivity contribution in [3.63, 3.8) is 0 Å². The monoisotopic (exact) mass is 406 g/mol. The van der Waals surface area contributed by atoms with Crippen molar-refractivity contribution < 1.29 is 18.7 Å². The highest BCUT2D eigenvalue weighted by molar-refractivity contribution is 7.16. The fraction of sp³-hybridized carbons (Fsp3) is 0.235. The number of ether oxygens (including phenoxy) is 1. The summed E-state index contributed by atoms with van der Waals surface area (Å²) in [6, 6.07) is 5.33. The van der Waals surface area contributed by atoms with Gasteiger partial charge in [0.25, 0.3) is 5.91 Å². The summed E-state index contributed by atoms with van der Waals surface area (Å²) in [5.41, 5.74) is 0.941. The van der Waals surface area contributed by atoms with Crippen molar-refractivity contribution in [2.45, 2.75) is 20.0 Å². The van der Waals surface area contributed by atoms with Gasteiger partial charge in [-0.1, -0.05) is 11.3 Å². The van der Waals surface area contributed by atoms with Crippen LogP contribution in [0.3, 0.4) is 0 Å². The molecule has 140 valence electrons. The standard InChI is InChI=1S/C17H15FN4O3S2/c1-9(25-10(2)23)14-20-21-15(27-14)13-8-26-17(19-13)22(3)16(24)11-4-6-12(18)7-5-11/h4-9H,1-3H3. The molecule has 0 aliphatic heterocycles. The molecule has 0 bridgehead atoms. The number of esters is 1. The molecule has 0 aliphatic carbocycles. The summed E-state index contributed by atoms with van der Waals surface area (Å²) in [6.45, 7) is 3.05. The van der Waals surface area contributed by atoms with Gasteiger partial charge in [0.15, 0.2) is 21.3 Å². The largest absolute Gasteiger partial charge is 0.455 e. The molecule has 1 amide bonds. The number of hydrogen-bond donors (Lipinski definition) is 0. The van der Waals surface area contributed by atoms with E-state index in [-0.39, 0.29) is 5.91 Å². The van der Waals surface area contributed by atoms with Gasteiger partial charge in [0.2, 0.25) is 0 Å². The van der Waals surface area contributed by atoms with Gasteiger partial charge < -0.3 is 4.74 Å². The van der Waals surface area contributed by atoms with Gasteiger partial charge in [0.1, 0.15) is 11.5 Å². The van der Waals surface area contributed by atoms with Crippen molar-refractivity contribution in [3.05, 3.63) is 46.0 Å². The number of carbonyl (C=O) groups is 2. The van der Waals surface area contributed by atoms with Crippen LogP contribution in [0.2, 0.25) is 0 Å². The molecule has 3 aromatic rings. The predicted molar refractivity (Wildman–Crippen MR) is 100 cm³/mol. The topological polar surface area (TPSA) is 85.3 Å². The quantitative estimate of drug-likeness (QED) is 0.601. The van der Waals surface area contributed by atoms with Gasteiger partial charge in [0.05, 0.1) is 0 Å². The molecule has 1 unspecified atom stereocenters. The minimum Gasteiger partial charge on any atom is -0.455 e. The Balaban J connectivity index is 1.76. The van der Waals surface area contributed by atoms with Crippen molar-refractivity contribution in [1.82, 2.24) is 15.2 Å². The number of nitrogens with zero attached hydrogens (tertiary/aromatic N) is 4. The van der Waals surface area contributed by atoms with Crippen LogP contribution in [0.25, 0.3) is 10.7 Å². The lowest BCUT2D eigenvalue weighted by atomic mass is 10.2. The third-order valence-electron chi connectivity index (χ3n) is 3.53. The summed E-state index contributed by atoms with van der Waals surface area (Å²) in [5, 5.41) is 11.5. The maximum absolute atomic E-state index is 13.0. The van der Waals surface area contributed by atoms with Gasteiger partial charge in [-0.3, -0.25) is 14.5 Å². The Morgan fingerprint density at radius 2 is 1.93 bits per heavy atom. The van der Waals surface area contributed by atoms with Crippen molar-refractivity contribution in [1.29, 1.82) is 0 Å². The summed E-state index contributed by atoms with van der Waals surface area (Å²) in [5.74, 6) is -1.09. The second-order valence-electron chi connectivity index (χ2n) is 5.58. The third-order valence-corrected chi connectivity index (χ3v) is 5.55. The van der Waals surface area contributed by atoms with E-state index in [1.165, 1.54) is 58.8 Å². The van der Waals surface area contributed by atoms with Gasteiger partial charge in [-0.2, -0.15) is 0 Å². The Morgan fingerprint density at radius 1 is 1.22 bits per heavy atom. The van der Waals surface area contributed by atoms with E-state index in [1.54, 1.807) is 19.4 Å². The number of thiazole rings is 1. The van der Waals surface area contributed by atoms with E-state index in [0.29, 0.717) is 26.4 Å². The van der Waals surface area contributed by atoms with Crippen LogP contribution in [0.1, 0.15) is 35.3 Å². The van der Waals surface area contributed by atoms with E-state index >= 15 is 0 Å². The zero-order valence-corrected chi connectivity index (χ0v) is 16.3. The van der Waals surface area contributed by atoms with Crippen LogP contribution < -0.4 is 4.90 Å². The molecule has 2 heterocycles. The SMILES string of the molecule is CC(=O)OC(C)c1nnc(-c2csc(N(C)C(=O)c3ccc(F)cc3)n2)s1. The second kappa shape index (κ2) is 7.89. The van der Waals surface area contributed by atoms with Crippen LogP contribution in [0.5, 0.6) is 0 Å². The van der Waals surface area contributed by atoms with Crippen molar-refractivity contribution >= 4 is 39.7 Å². The lowest BCUT2D eigenvalue weighted by Crippen LogP contribution is -2.26. The van der Waals surface area contributed by atoms with Crippen LogP contribution in [0.4, 0.5) is 9.52 Å². The number of aromatic nitrogens is 3. The molecule has 0 fully saturated rings. The first-order valence-corrected chi connectivity index (χ1v) is 9.55. The Morgan fingerprint density at radius 3 is 2.59 bits per heavy atom. The fourth-order valence-corrected chi connectivity index (χ4v) is 3.82. The third kappa shape index (κ3) is 4.34. The number of amides is 1. The Bertz CT molecular complexity index is 971. The first kappa shape index (κ1) is 19.1. The normalized spacial score (nSPS) is 11.9. The van der Waals surface area contributed by atoms with Crippen molar-refractivity contribution in [2.75, 3.05) is 11.9 Å². The number of rotatable bonds is 5. The molecule has 27 heavy (non-hydrogen) atoms. The molecule has 0 spiro atoms. The van der Waals surface area contributed by atoms with Crippen molar-refractivity contribution in [3.8, 4) is 10.7 Å². The molecule has 0 N–H and O–H groups in total. The van der Waals surface area contributed by atoms with E-state index in [1.807, 2.05) is 0 Å². The first-order chi connectivity index (χ1) is 12.8. The molecule has 3 rings (SSSR count). The number of halogens is 1. The first-order valence-electron chi connectivity index (χ1n) is 7.85. The molecule has 10 heteroatoms. The minimum atomic E-state index is -0.491. The van der Waals surface area contributed by atoms with E-state index < -0.39 is 17.9 Å².